The van der Waals surface area contributed by atoms with E-state index in [9.17, 15) is 13.6 Å². The normalized spacial score (nSPS) is 10.6. The lowest BCUT2D eigenvalue weighted by Gasteiger charge is -2.03. The number of hydrogen-bond acceptors (Lipinski definition) is 2. The van der Waals surface area contributed by atoms with E-state index in [1.165, 1.54) is 11.3 Å². The number of carbonyl (C=O) groups excluding carboxylic acids is 1. The van der Waals surface area contributed by atoms with E-state index in [4.69, 9.17) is 11.6 Å². The van der Waals surface area contributed by atoms with Crippen molar-refractivity contribution < 1.29 is 13.6 Å². The van der Waals surface area contributed by atoms with Crippen molar-refractivity contribution in [3.63, 3.8) is 0 Å². The molecular weight excluding hydrogens is 278 g/mol. The van der Waals surface area contributed by atoms with Gasteiger partial charge in [0.1, 0.15) is 11.6 Å². The van der Waals surface area contributed by atoms with Gasteiger partial charge in [-0.15, -0.1) is 11.3 Å². The first-order valence-electron chi connectivity index (χ1n) is 5.28. The van der Waals surface area contributed by atoms with Gasteiger partial charge in [-0.3, -0.25) is 4.79 Å². The highest BCUT2D eigenvalue weighted by atomic mass is 35.5. The highest BCUT2D eigenvalue weighted by molar-refractivity contribution is 7.09. The maximum atomic E-state index is 13.5. The lowest BCUT2D eigenvalue weighted by Crippen LogP contribution is -2.04. The van der Waals surface area contributed by atoms with Gasteiger partial charge in [0, 0.05) is 11.3 Å². The van der Waals surface area contributed by atoms with Crippen LogP contribution in [0.4, 0.5) is 8.78 Å². The van der Waals surface area contributed by atoms with Crippen LogP contribution in [0, 0.1) is 11.6 Å². The van der Waals surface area contributed by atoms with Crippen LogP contribution in [0.1, 0.15) is 21.7 Å². The maximum absolute atomic E-state index is 13.5. The number of carbonyl (C=O) groups is 1. The monoisotopic (exact) mass is 286 g/mol. The fourth-order valence-electron chi connectivity index (χ4n) is 1.56. The van der Waals surface area contributed by atoms with E-state index in [0.29, 0.717) is 6.42 Å². The van der Waals surface area contributed by atoms with E-state index >= 15 is 0 Å². The summed E-state index contributed by atoms with van der Waals surface area (Å²) >= 11 is 6.95. The lowest BCUT2D eigenvalue weighted by molar-refractivity contribution is 0.0978. The van der Waals surface area contributed by atoms with Crippen LogP contribution in [0.3, 0.4) is 0 Å². The Hall–Kier alpha value is -1.26. The molecule has 0 aliphatic rings. The quantitative estimate of drug-likeness (QED) is 0.597. The molecule has 1 heterocycles. The molecule has 1 nitrogen and oxygen atoms in total. The summed E-state index contributed by atoms with van der Waals surface area (Å²) in [5, 5.41) is 1.59. The van der Waals surface area contributed by atoms with Crippen molar-refractivity contribution in [3.05, 3.63) is 56.7 Å². The SMILES string of the molecule is O=C(CCc1cccs1)c1cc(F)c(Cl)cc1F. The zero-order valence-electron chi connectivity index (χ0n) is 9.25. The molecule has 1 aromatic heterocycles. The second-order valence-corrected chi connectivity index (χ2v) is 5.19. The Kier molecular flexibility index (Phi) is 4.09. The summed E-state index contributed by atoms with van der Waals surface area (Å²) in [6.45, 7) is 0. The van der Waals surface area contributed by atoms with Gasteiger partial charge in [0.05, 0.1) is 10.6 Å². The van der Waals surface area contributed by atoms with Crippen molar-refractivity contribution in [1.29, 1.82) is 0 Å². The molecule has 2 aromatic rings. The Labute approximate surface area is 112 Å². The van der Waals surface area contributed by atoms with Crippen molar-refractivity contribution in [2.45, 2.75) is 12.8 Å². The Morgan fingerprint density at radius 2 is 2.06 bits per heavy atom. The summed E-state index contributed by atoms with van der Waals surface area (Å²) < 4.78 is 26.7. The van der Waals surface area contributed by atoms with Crippen LogP contribution >= 0.6 is 22.9 Å². The fraction of sp³-hybridized carbons (Fsp3) is 0.154. The van der Waals surface area contributed by atoms with Gasteiger partial charge in [0.2, 0.25) is 0 Å². The molecule has 0 amide bonds. The molecule has 0 bridgehead atoms. The van der Waals surface area contributed by atoms with Gasteiger partial charge in [-0.25, -0.2) is 8.78 Å². The molecule has 0 aliphatic carbocycles. The van der Waals surface area contributed by atoms with Crippen LogP contribution in [-0.2, 0) is 6.42 Å². The zero-order chi connectivity index (χ0) is 13.1. The average Bonchev–Trinajstić information content (AvgIpc) is 2.84. The fourth-order valence-corrected chi connectivity index (χ4v) is 2.42. The van der Waals surface area contributed by atoms with Crippen molar-refractivity contribution in [2.24, 2.45) is 0 Å². The molecule has 94 valence electrons. The molecule has 0 N–H and O–H groups in total. The Bertz CT molecular complexity index is 567. The van der Waals surface area contributed by atoms with Gasteiger partial charge in [0.15, 0.2) is 5.78 Å². The second-order valence-electron chi connectivity index (χ2n) is 3.75. The van der Waals surface area contributed by atoms with Gasteiger partial charge in [-0.05, 0) is 30.0 Å². The molecule has 0 radical (unpaired) electrons. The van der Waals surface area contributed by atoms with E-state index in [-0.39, 0.29) is 17.0 Å². The number of benzene rings is 1. The number of halogens is 3. The van der Waals surface area contributed by atoms with Crippen LogP contribution in [0.25, 0.3) is 0 Å². The Morgan fingerprint density at radius 1 is 1.28 bits per heavy atom. The summed E-state index contributed by atoms with van der Waals surface area (Å²) in [5.74, 6) is -1.98. The highest BCUT2D eigenvalue weighted by Crippen LogP contribution is 2.21. The molecule has 5 heteroatoms. The van der Waals surface area contributed by atoms with Crippen molar-refractivity contribution in [3.8, 4) is 0 Å². The standard InChI is InChI=1S/C13H9ClF2OS/c14-10-7-11(15)9(6-12(10)16)13(17)4-3-8-2-1-5-18-8/h1-2,5-7H,3-4H2. The summed E-state index contributed by atoms with van der Waals surface area (Å²) in [5.41, 5.74) is -0.242. The largest absolute Gasteiger partial charge is 0.294 e. The lowest BCUT2D eigenvalue weighted by atomic mass is 10.1. The number of hydrogen-bond donors (Lipinski definition) is 0. The third-order valence-electron chi connectivity index (χ3n) is 2.49. The number of Topliss-reactive ketones (excluding diaryl/α,β-unsaturated/α-hetero) is 1. The highest BCUT2D eigenvalue weighted by Gasteiger charge is 2.15. The predicted molar refractivity (Wildman–Crippen MR) is 68.3 cm³/mol. The van der Waals surface area contributed by atoms with Gasteiger partial charge in [0.25, 0.3) is 0 Å². The molecule has 0 aliphatic heterocycles. The minimum atomic E-state index is -0.780. The smallest absolute Gasteiger partial charge is 0.166 e. The van der Waals surface area contributed by atoms with E-state index in [0.717, 1.165) is 17.0 Å². The molecule has 0 saturated heterocycles. The van der Waals surface area contributed by atoms with E-state index in [2.05, 4.69) is 0 Å². The van der Waals surface area contributed by atoms with Crippen LogP contribution in [-0.4, -0.2) is 5.78 Å². The third-order valence-corrected chi connectivity index (χ3v) is 3.71. The Balaban J connectivity index is 2.11. The topological polar surface area (TPSA) is 17.1 Å². The van der Waals surface area contributed by atoms with Crippen molar-refractivity contribution in [1.82, 2.24) is 0 Å². The molecule has 0 spiro atoms. The first kappa shape index (κ1) is 13.2. The van der Waals surface area contributed by atoms with E-state index < -0.39 is 17.4 Å². The molecule has 18 heavy (non-hydrogen) atoms. The number of rotatable bonds is 4. The Morgan fingerprint density at radius 3 is 2.72 bits per heavy atom. The molecule has 0 unspecified atom stereocenters. The maximum Gasteiger partial charge on any atom is 0.166 e. The number of ketones is 1. The zero-order valence-corrected chi connectivity index (χ0v) is 10.8. The average molecular weight is 287 g/mol. The van der Waals surface area contributed by atoms with Gasteiger partial charge < -0.3 is 0 Å². The van der Waals surface area contributed by atoms with Gasteiger partial charge >= 0.3 is 0 Å². The van der Waals surface area contributed by atoms with Crippen LogP contribution < -0.4 is 0 Å². The summed E-state index contributed by atoms with van der Waals surface area (Å²) in [6, 6.07) is 5.47. The van der Waals surface area contributed by atoms with E-state index in [1.54, 1.807) is 0 Å². The van der Waals surface area contributed by atoms with Crippen LogP contribution in [0.2, 0.25) is 5.02 Å². The minimum Gasteiger partial charge on any atom is -0.294 e. The number of thiophene rings is 1. The molecule has 1 aromatic carbocycles. The summed E-state index contributed by atoms with van der Waals surface area (Å²) in [6.07, 6.45) is 0.679. The minimum absolute atomic E-state index is 0.151. The van der Waals surface area contributed by atoms with Crippen molar-refractivity contribution in [2.75, 3.05) is 0 Å². The molecule has 0 saturated carbocycles. The van der Waals surface area contributed by atoms with Crippen LogP contribution in [0.15, 0.2) is 29.6 Å². The van der Waals surface area contributed by atoms with Crippen LogP contribution in [0.5, 0.6) is 0 Å². The number of aryl methyl sites for hydroxylation is 1. The second kappa shape index (κ2) is 5.59. The predicted octanol–water partition coefficient (Wildman–Crippen LogP) is 4.50. The third kappa shape index (κ3) is 2.94. The first-order valence-corrected chi connectivity index (χ1v) is 6.54. The summed E-state index contributed by atoms with van der Waals surface area (Å²) in [7, 11) is 0. The molecule has 2 rings (SSSR count). The van der Waals surface area contributed by atoms with E-state index in [1.807, 2.05) is 17.5 Å². The summed E-state index contributed by atoms with van der Waals surface area (Å²) in [4.78, 5) is 12.8. The first-order chi connectivity index (χ1) is 8.58. The van der Waals surface area contributed by atoms with Crippen molar-refractivity contribution >= 4 is 28.7 Å². The molecular formula is C13H9ClF2OS. The van der Waals surface area contributed by atoms with Gasteiger partial charge in [-0.2, -0.15) is 0 Å². The molecule has 0 atom stereocenters. The molecule has 0 fully saturated rings. The van der Waals surface area contributed by atoms with Gasteiger partial charge in [-0.1, -0.05) is 17.7 Å².